The first kappa shape index (κ1) is 20.8. The van der Waals surface area contributed by atoms with E-state index in [0.29, 0.717) is 20.7 Å². The van der Waals surface area contributed by atoms with E-state index >= 15 is 0 Å². The lowest BCUT2D eigenvalue weighted by Crippen LogP contribution is -2.27. The second kappa shape index (κ2) is 7.98. The maximum atomic E-state index is 13.1. The second-order valence-electron chi connectivity index (χ2n) is 6.24. The normalized spacial score (nSPS) is 16.1. The van der Waals surface area contributed by atoms with Crippen LogP contribution in [0.1, 0.15) is 17.1 Å². The standard InChI is InChI=1S/C20H11ClF3NO3S2/c21-15-5-3-11(8-14(15)20(22,23)24)16-6-4-12(28-16)9-17-18(26)25(19(29)30-17)10-13-2-1-7-27-13/h1-9H,10H2. The summed E-state index contributed by atoms with van der Waals surface area (Å²) in [6.45, 7) is 0.212. The summed E-state index contributed by atoms with van der Waals surface area (Å²) in [5.74, 6) is 0.822. The van der Waals surface area contributed by atoms with Gasteiger partial charge in [0.05, 0.1) is 28.3 Å². The van der Waals surface area contributed by atoms with Crippen molar-refractivity contribution in [1.29, 1.82) is 0 Å². The zero-order valence-corrected chi connectivity index (χ0v) is 17.3. The molecule has 10 heteroatoms. The molecular weight excluding hydrogens is 459 g/mol. The van der Waals surface area contributed by atoms with E-state index in [-0.39, 0.29) is 23.8 Å². The predicted molar refractivity (Wildman–Crippen MR) is 112 cm³/mol. The molecule has 0 unspecified atom stereocenters. The molecule has 30 heavy (non-hydrogen) atoms. The predicted octanol–water partition coefficient (Wildman–Crippen LogP) is 6.61. The number of furan rings is 2. The van der Waals surface area contributed by atoms with Crippen LogP contribution in [0.4, 0.5) is 13.2 Å². The number of benzene rings is 1. The molecular formula is C20H11ClF3NO3S2. The lowest BCUT2D eigenvalue weighted by molar-refractivity contribution is -0.137. The fraction of sp³-hybridized carbons (Fsp3) is 0.100. The van der Waals surface area contributed by atoms with Gasteiger partial charge in [0, 0.05) is 11.6 Å². The van der Waals surface area contributed by atoms with Crippen molar-refractivity contribution in [2.24, 2.45) is 0 Å². The fourth-order valence-electron chi connectivity index (χ4n) is 2.81. The minimum absolute atomic E-state index is 0.212. The van der Waals surface area contributed by atoms with Crippen molar-refractivity contribution in [2.75, 3.05) is 0 Å². The Kier molecular flexibility index (Phi) is 5.52. The summed E-state index contributed by atoms with van der Waals surface area (Å²) in [5.41, 5.74) is -0.727. The summed E-state index contributed by atoms with van der Waals surface area (Å²) >= 11 is 12.0. The topological polar surface area (TPSA) is 46.6 Å². The van der Waals surface area contributed by atoms with Crippen LogP contribution in [0.2, 0.25) is 5.02 Å². The highest BCUT2D eigenvalue weighted by molar-refractivity contribution is 8.26. The fourth-order valence-corrected chi connectivity index (χ4v) is 4.27. The van der Waals surface area contributed by atoms with Crippen LogP contribution in [-0.2, 0) is 17.5 Å². The highest BCUT2D eigenvalue weighted by Gasteiger charge is 2.34. The average molecular weight is 470 g/mol. The summed E-state index contributed by atoms with van der Waals surface area (Å²) in [7, 11) is 0. The minimum Gasteiger partial charge on any atom is -0.467 e. The van der Waals surface area contributed by atoms with E-state index in [1.54, 1.807) is 18.2 Å². The molecule has 154 valence electrons. The lowest BCUT2D eigenvalue weighted by Gasteiger charge is -2.11. The smallest absolute Gasteiger partial charge is 0.417 e. The maximum Gasteiger partial charge on any atom is 0.417 e. The summed E-state index contributed by atoms with van der Waals surface area (Å²) in [6, 6.07) is 10.1. The molecule has 3 aromatic rings. The van der Waals surface area contributed by atoms with Crippen LogP contribution in [0.5, 0.6) is 0 Å². The first-order valence-electron chi connectivity index (χ1n) is 8.47. The van der Waals surface area contributed by atoms with Crippen LogP contribution in [0.15, 0.2) is 62.5 Å². The number of hydrogen-bond donors (Lipinski definition) is 0. The number of thiocarbonyl (C=S) groups is 1. The molecule has 3 heterocycles. The van der Waals surface area contributed by atoms with Crippen molar-refractivity contribution < 1.29 is 26.8 Å². The van der Waals surface area contributed by atoms with Crippen LogP contribution in [0.3, 0.4) is 0 Å². The highest BCUT2D eigenvalue weighted by Crippen LogP contribution is 2.38. The monoisotopic (exact) mass is 469 g/mol. The van der Waals surface area contributed by atoms with E-state index in [4.69, 9.17) is 32.7 Å². The molecule has 0 bridgehead atoms. The number of alkyl halides is 3. The van der Waals surface area contributed by atoms with Gasteiger partial charge in [-0.25, -0.2) is 0 Å². The van der Waals surface area contributed by atoms with Gasteiger partial charge >= 0.3 is 6.18 Å². The van der Waals surface area contributed by atoms with Crippen molar-refractivity contribution in [2.45, 2.75) is 12.7 Å². The lowest BCUT2D eigenvalue weighted by atomic mass is 10.1. The van der Waals surface area contributed by atoms with Crippen molar-refractivity contribution in [1.82, 2.24) is 4.90 Å². The number of hydrogen-bond acceptors (Lipinski definition) is 5. The highest BCUT2D eigenvalue weighted by atomic mass is 35.5. The Bertz CT molecular complexity index is 1150. The summed E-state index contributed by atoms with van der Waals surface area (Å²) in [6.07, 6.45) is -1.57. The van der Waals surface area contributed by atoms with E-state index in [0.717, 1.165) is 17.8 Å². The third kappa shape index (κ3) is 4.19. The number of carbonyl (C=O) groups is 1. The largest absolute Gasteiger partial charge is 0.467 e. The van der Waals surface area contributed by atoms with E-state index in [9.17, 15) is 18.0 Å². The van der Waals surface area contributed by atoms with Gasteiger partial charge < -0.3 is 8.83 Å². The van der Waals surface area contributed by atoms with E-state index in [1.165, 1.54) is 35.4 Å². The number of nitrogens with zero attached hydrogens (tertiary/aromatic N) is 1. The summed E-state index contributed by atoms with van der Waals surface area (Å²) in [4.78, 5) is 14.4. The second-order valence-corrected chi connectivity index (χ2v) is 8.32. The Labute approximate surface area is 183 Å². The van der Waals surface area contributed by atoms with Crippen molar-refractivity contribution >= 4 is 51.9 Å². The van der Waals surface area contributed by atoms with Gasteiger partial charge in [0.1, 0.15) is 21.6 Å². The number of amides is 1. The van der Waals surface area contributed by atoms with Crippen LogP contribution in [0.25, 0.3) is 17.4 Å². The zero-order chi connectivity index (χ0) is 21.5. The molecule has 2 aromatic heterocycles. The molecule has 0 radical (unpaired) electrons. The Morgan fingerprint density at radius 2 is 2.00 bits per heavy atom. The van der Waals surface area contributed by atoms with Gasteiger partial charge in [-0.1, -0.05) is 35.6 Å². The van der Waals surface area contributed by atoms with Gasteiger partial charge in [-0.05, 0) is 42.5 Å². The molecule has 1 aliphatic heterocycles. The molecule has 4 rings (SSSR count). The van der Waals surface area contributed by atoms with Gasteiger partial charge in [-0.3, -0.25) is 9.69 Å². The van der Waals surface area contributed by atoms with E-state index in [1.807, 2.05) is 0 Å². The third-order valence-corrected chi connectivity index (χ3v) is 5.93. The van der Waals surface area contributed by atoms with Crippen LogP contribution in [-0.4, -0.2) is 15.1 Å². The van der Waals surface area contributed by atoms with Crippen molar-refractivity contribution in [3.63, 3.8) is 0 Å². The van der Waals surface area contributed by atoms with Gasteiger partial charge in [0.15, 0.2) is 0 Å². The Morgan fingerprint density at radius 1 is 1.20 bits per heavy atom. The van der Waals surface area contributed by atoms with Gasteiger partial charge in [0.2, 0.25) is 0 Å². The third-order valence-electron chi connectivity index (χ3n) is 4.22. The molecule has 4 nitrogen and oxygen atoms in total. The summed E-state index contributed by atoms with van der Waals surface area (Å²) < 4.78 is 50.5. The van der Waals surface area contributed by atoms with Gasteiger partial charge in [-0.15, -0.1) is 0 Å². The van der Waals surface area contributed by atoms with E-state index < -0.39 is 16.8 Å². The Balaban J connectivity index is 1.57. The Hall–Kier alpha value is -2.49. The first-order chi connectivity index (χ1) is 14.2. The first-order valence-corrected chi connectivity index (χ1v) is 10.1. The van der Waals surface area contributed by atoms with Gasteiger partial charge in [-0.2, -0.15) is 13.2 Å². The van der Waals surface area contributed by atoms with Crippen LogP contribution < -0.4 is 0 Å². The Morgan fingerprint density at radius 3 is 2.70 bits per heavy atom. The molecule has 1 aromatic carbocycles. The van der Waals surface area contributed by atoms with Crippen LogP contribution in [0, 0.1) is 0 Å². The number of rotatable bonds is 4. The summed E-state index contributed by atoms with van der Waals surface area (Å²) in [5, 5.41) is -0.390. The van der Waals surface area contributed by atoms with E-state index in [2.05, 4.69) is 0 Å². The quantitative estimate of drug-likeness (QED) is 0.317. The SMILES string of the molecule is O=C1C(=Cc2ccc(-c3ccc(Cl)c(C(F)(F)F)c3)o2)SC(=S)N1Cc1ccco1. The molecule has 1 fully saturated rings. The minimum atomic E-state index is -4.58. The molecule has 1 aliphatic rings. The number of carbonyl (C=O) groups excluding carboxylic acids is 1. The van der Waals surface area contributed by atoms with Gasteiger partial charge in [0.25, 0.3) is 5.91 Å². The number of thioether (sulfide) groups is 1. The molecule has 0 atom stereocenters. The molecule has 0 aliphatic carbocycles. The molecule has 1 amide bonds. The zero-order valence-electron chi connectivity index (χ0n) is 14.9. The molecule has 0 saturated carbocycles. The van der Waals surface area contributed by atoms with Crippen molar-refractivity contribution in [3.8, 4) is 11.3 Å². The number of halogens is 4. The molecule has 1 saturated heterocycles. The maximum absolute atomic E-state index is 13.1. The molecule has 0 N–H and O–H groups in total. The van der Waals surface area contributed by atoms with Crippen LogP contribution >= 0.6 is 35.6 Å². The molecule has 0 spiro atoms. The van der Waals surface area contributed by atoms with Crippen molar-refractivity contribution in [3.05, 3.63) is 75.7 Å². The average Bonchev–Trinajstić information content (AvgIpc) is 3.40.